The smallest absolute Gasteiger partial charge is 0.271 e. The van der Waals surface area contributed by atoms with Crippen molar-refractivity contribution >= 4 is 5.91 Å². The van der Waals surface area contributed by atoms with Gasteiger partial charge in [0.05, 0.1) is 11.9 Å². The zero-order chi connectivity index (χ0) is 10.4. The van der Waals surface area contributed by atoms with Gasteiger partial charge in [-0.1, -0.05) is 13.3 Å². The van der Waals surface area contributed by atoms with Crippen LogP contribution in [0, 0.1) is 6.92 Å². The quantitative estimate of drug-likeness (QED) is 0.733. The molecule has 76 valence electrons. The summed E-state index contributed by atoms with van der Waals surface area (Å²) in [6, 6.07) is 0. The number of rotatable bonds is 4. The SMILES string of the molecule is CCCCNC(=O)c1cncc(C)n1. The van der Waals surface area contributed by atoms with Gasteiger partial charge in [-0.15, -0.1) is 0 Å². The lowest BCUT2D eigenvalue weighted by atomic mass is 10.3. The fourth-order valence-corrected chi connectivity index (χ4v) is 1.04. The van der Waals surface area contributed by atoms with E-state index in [2.05, 4.69) is 22.2 Å². The average Bonchev–Trinajstić information content (AvgIpc) is 2.18. The molecule has 0 fully saturated rings. The number of hydrogen-bond donors (Lipinski definition) is 1. The summed E-state index contributed by atoms with van der Waals surface area (Å²) in [5.41, 5.74) is 1.15. The van der Waals surface area contributed by atoms with Crippen molar-refractivity contribution in [2.24, 2.45) is 0 Å². The second-order valence-corrected chi connectivity index (χ2v) is 3.16. The van der Waals surface area contributed by atoms with Crippen LogP contribution in [0.15, 0.2) is 12.4 Å². The van der Waals surface area contributed by atoms with Gasteiger partial charge in [0.2, 0.25) is 0 Å². The van der Waals surface area contributed by atoms with Crippen LogP contribution < -0.4 is 5.32 Å². The Hall–Kier alpha value is -1.45. The van der Waals surface area contributed by atoms with Crippen molar-refractivity contribution in [2.75, 3.05) is 6.54 Å². The molecule has 0 atom stereocenters. The van der Waals surface area contributed by atoms with Crippen LogP contribution in [-0.4, -0.2) is 22.4 Å². The Morgan fingerprint density at radius 2 is 2.29 bits per heavy atom. The van der Waals surface area contributed by atoms with Crippen molar-refractivity contribution < 1.29 is 4.79 Å². The number of amides is 1. The first-order chi connectivity index (χ1) is 6.74. The number of nitrogens with one attached hydrogen (secondary N) is 1. The standard InChI is InChI=1S/C10H15N3O/c1-3-4-5-12-10(14)9-7-11-6-8(2)13-9/h6-7H,3-5H2,1-2H3,(H,12,14). The summed E-state index contributed by atoms with van der Waals surface area (Å²) in [5.74, 6) is -0.144. The Bertz CT molecular complexity index is 312. The van der Waals surface area contributed by atoms with Crippen LogP contribution >= 0.6 is 0 Å². The van der Waals surface area contributed by atoms with E-state index in [4.69, 9.17) is 0 Å². The summed E-state index contributed by atoms with van der Waals surface area (Å²) in [6.07, 6.45) is 5.17. The van der Waals surface area contributed by atoms with E-state index < -0.39 is 0 Å². The van der Waals surface area contributed by atoms with Crippen molar-refractivity contribution in [1.29, 1.82) is 0 Å². The number of nitrogens with zero attached hydrogens (tertiary/aromatic N) is 2. The highest BCUT2D eigenvalue weighted by atomic mass is 16.1. The largest absolute Gasteiger partial charge is 0.351 e. The van der Waals surface area contributed by atoms with E-state index in [1.54, 1.807) is 6.20 Å². The van der Waals surface area contributed by atoms with E-state index in [1.807, 2.05) is 6.92 Å². The maximum absolute atomic E-state index is 11.5. The van der Waals surface area contributed by atoms with Crippen molar-refractivity contribution in [2.45, 2.75) is 26.7 Å². The molecular weight excluding hydrogens is 178 g/mol. The number of unbranched alkanes of at least 4 members (excludes halogenated alkanes) is 1. The summed E-state index contributed by atoms with van der Waals surface area (Å²) in [4.78, 5) is 19.4. The third-order valence-electron chi connectivity index (χ3n) is 1.80. The maximum atomic E-state index is 11.5. The molecule has 0 radical (unpaired) electrons. The zero-order valence-corrected chi connectivity index (χ0v) is 8.58. The maximum Gasteiger partial charge on any atom is 0.271 e. The first kappa shape index (κ1) is 10.6. The summed E-state index contributed by atoms with van der Waals surface area (Å²) < 4.78 is 0. The third kappa shape index (κ3) is 3.12. The highest BCUT2D eigenvalue weighted by Gasteiger charge is 2.05. The van der Waals surface area contributed by atoms with Gasteiger partial charge in [-0.05, 0) is 13.3 Å². The summed E-state index contributed by atoms with van der Waals surface area (Å²) in [7, 11) is 0. The Kier molecular flexibility index (Phi) is 4.04. The first-order valence-corrected chi connectivity index (χ1v) is 4.81. The van der Waals surface area contributed by atoms with Gasteiger partial charge in [-0.3, -0.25) is 9.78 Å². The van der Waals surface area contributed by atoms with Gasteiger partial charge in [-0.25, -0.2) is 4.98 Å². The minimum absolute atomic E-state index is 0.144. The fraction of sp³-hybridized carbons (Fsp3) is 0.500. The summed E-state index contributed by atoms with van der Waals surface area (Å²) in [6.45, 7) is 4.60. The predicted octanol–water partition coefficient (Wildman–Crippen LogP) is 1.31. The van der Waals surface area contributed by atoms with Crippen LogP contribution in [-0.2, 0) is 0 Å². The number of hydrogen-bond acceptors (Lipinski definition) is 3. The molecular formula is C10H15N3O. The topological polar surface area (TPSA) is 54.9 Å². The Balaban J connectivity index is 2.52. The normalized spacial score (nSPS) is 9.86. The van der Waals surface area contributed by atoms with Crippen LogP contribution in [0.5, 0.6) is 0 Å². The molecule has 0 aromatic carbocycles. The molecule has 0 aliphatic heterocycles. The monoisotopic (exact) mass is 193 g/mol. The van der Waals surface area contributed by atoms with Crippen LogP contribution in [0.3, 0.4) is 0 Å². The van der Waals surface area contributed by atoms with Crippen LogP contribution in [0.25, 0.3) is 0 Å². The Morgan fingerprint density at radius 3 is 2.93 bits per heavy atom. The van der Waals surface area contributed by atoms with Gasteiger partial charge in [0, 0.05) is 12.7 Å². The lowest BCUT2D eigenvalue weighted by molar-refractivity contribution is 0.0947. The molecule has 0 spiro atoms. The Labute approximate surface area is 83.8 Å². The molecule has 1 N–H and O–H groups in total. The molecule has 1 amide bonds. The molecule has 0 saturated heterocycles. The van der Waals surface area contributed by atoms with E-state index in [9.17, 15) is 4.79 Å². The Morgan fingerprint density at radius 1 is 1.50 bits per heavy atom. The number of aromatic nitrogens is 2. The zero-order valence-electron chi connectivity index (χ0n) is 8.58. The molecule has 0 aliphatic carbocycles. The molecule has 0 unspecified atom stereocenters. The van der Waals surface area contributed by atoms with E-state index >= 15 is 0 Å². The van der Waals surface area contributed by atoms with E-state index in [0.717, 1.165) is 18.5 Å². The second-order valence-electron chi connectivity index (χ2n) is 3.16. The number of aryl methyl sites for hydroxylation is 1. The van der Waals surface area contributed by atoms with Gasteiger partial charge in [0.1, 0.15) is 5.69 Å². The van der Waals surface area contributed by atoms with Gasteiger partial charge in [-0.2, -0.15) is 0 Å². The molecule has 1 aromatic rings. The molecule has 0 saturated carbocycles. The fourth-order valence-electron chi connectivity index (χ4n) is 1.04. The van der Waals surface area contributed by atoms with Crippen LogP contribution in [0.1, 0.15) is 35.9 Å². The molecule has 4 nitrogen and oxygen atoms in total. The molecule has 0 aliphatic rings. The van der Waals surface area contributed by atoms with Gasteiger partial charge < -0.3 is 5.32 Å². The molecule has 14 heavy (non-hydrogen) atoms. The molecule has 1 rings (SSSR count). The predicted molar refractivity (Wildman–Crippen MR) is 54.0 cm³/mol. The van der Waals surface area contributed by atoms with Crippen molar-refractivity contribution in [3.63, 3.8) is 0 Å². The van der Waals surface area contributed by atoms with Crippen LogP contribution in [0.2, 0.25) is 0 Å². The van der Waals surface area contributed by atoms with E-state index in [-0.39, 0.29) is 5.91 Å². The highest BCUT2D eigenvalue weighted by molar-refractivity contribution is 5.91. The van der Waals surface area contributed by atoms with Crippen LogP contribution in [0.4, 0.5) is 0 Å². The average molecular weight is 193 g/mol. The van der Waals surface area contributed by atoms with Gasteiger partial charge in [0.25, 0.3) is 5.91 Å². The van der Waals surface area contributed by atoms with E-state index in [1.165, 1.54) is 6.20 Å². The molecule has 4 heteroatoms. The lowest BCUT2D eigenvalue weighted by Gasteiger charge is -2.03. The summed E-state index contributed by atoms with van der Waals surface area (Å²) >= 11 is 0. The minimum atomic E-state index is -0.144. The highest BCUT2D eigenvalue weighted by Crippen LogP contribution is 1.94. The van der Waals surface area contributed by atoms with Gasteiger partial charge in [0.15, 0.2) is 0 Å². The second kappa shape index (κ2) is 5.32. The molecule has 1 aromatic heterocycles. The number of carbonyl (C=O) groups is 1. The van der Waals surface area contributed by atoms with Gasteiger partial charge >= 0.3 is 0 Å². The molecule has 1 heterocycles. The first-order valence-electron chi connectivity index (χ1n) is 4.81. The van der Waals surface area contributed by atoms with Crippen molar-refractivity contribution in [3.8, 4) is 0 Å². The number of carbonyl (C=O) groups excluding carboxylic acids is 1. The summed E-state index contributed by atoms with van der Waals surface area (Å²) in [5, 5.41) is 2.79. The molecule has 0 bridgehead atoms. The third-order valence-corrected chi connectivity index (χ3v) is 1.80. The lowest BCUT2D eigenvalue weighted by Crippen LogP contribution is -2.25. The van der Waals surface area contributed by atoms with Crippen molar-refractivity contribution in [3.05, 3.63) is 23.8 Å². The van der Waals surface area contributed by atoms with Crippen molar-refractivity contribution in [1.82, 2.24) is 15.3 Å². The minimum Gasteiger partial charge on any atom is -0.351 e. The van der Waals surface area contributed by atoms with E-state index in [0.29, 0.717) is 12.2 Å².